The van der Waals surface area contributed by atoms with Crippen LogP contribution in [-0.4, -0.2) is 52.8 Å². The van der Waals surface area contributed by atoms with Gasteiger partial charge < -0.3 is 11.1 Å². The van der Waals surface area contributed by atoms with E-state index in [9.17, 15) is 14.4 Å². The number of thioether (sulfide) groups is 1. The Labute approximate surface area is 136 Å². The number of nitrogens with zero attached hydrogens (tertiary/aromatic N) is 1. The predicted octanol–water partition coefficient (Wildman–Crippen LogP) is 0.891. The largest absolute Gasteiger partial charge is 0.355 e. The smallest absolute Gasteiger partial charge is 0.242 e. The van der Waals surface area contributed by atoms with Gasteiger partial charge in [0, 0.05) is 32.5 Å². The molecule has 1 fully saturated rings. The topological polar surface area (TPSA) is 92.5 Å². The van der Waals surface area contributed by atoms with E-state index in [1.165, 1.54) is 4.90 Å². The summed E-state index contributed by atoms with van der Waals surface area (Å²) in [7, 11) is 0. The summed E-state index contributed by atoms with van der Waals surface area (Å²) in [5.74, 6) is -0.111. The Bertz CT molecular complexity index is 401. The van der Waals surface area contributed by atoms with Crippen LogP contribution < -0.4 is 11.1 Å². The lowest BCUT2D eigenvalue weighted by Gasteiger charge is -2.15. The lowest BCUT2D eigenvalue weighted by Crippen LogP contribution is -2.32. The Balaban J connectivity index is 2.20. The number of amides is 3. The van der Waals surface area contributed by atoms with Gasteiger partial charge in [-0.25, -0.2) is 0 Å². The first-order chi connectivity index (χ1) is 10.5. The van der Waals surface area contributed by atoms with Gasteiger partial charge in [0.2, 0.25) is 17.7 Å². The number of hydrogen-bond donors (Lipinski definition) is 2. The summed E-state index contributed by atoms with van der Waals surface area (Å²) >= 11 is 1.56. The van der Waals surface area contributed by atoms with Gasteiger partial charge in [-0.2, -0.15) is 0 Å². The van der Waals surface area contributed by atoms with Gasteiger partial charge in [0.05, 0.1) is 5.25 Å². The Kier molecular flexibility index (Phi) is 8.48. The van der Waals surface area contributed by atoms with E-state index in [1.54, 1.807) is 11.8 Å². The van der Waals surface area contributed by atoms with E-state index >= 15 is 0 Å². The molecule has 0 spiro atoms. The van der Waals surface area contributed by atoms with Crippen molar-refractivity contribution in [2.75, 3.05) is 19.6 Å². The van der Waals surface area contributed by atoms with Crippen LogP contribution >= 0.6 is 11.8 Å². The van der Waals surface area contributed by atoms with Crippen molar-refractivity contribution in [1.82, 2.24) is 10.2 Å². The number of nitrogens with one attached hydrogen (secondary N) is 1. The molecule has 3 amide bonds. The summed E-state index contributed by atoms with van der Waals surface area (Å²) in [6, 6.07) is 0. The van der Waals surface area contributed by atoms with E-state index in [0.717, 1.165) is 19.3 Å². The minimum absolute atomic E-state index is 0.00664. The molecule has 7 heteroatoms. The number of hydrogen-bond acceptors (Lipinski definition) is 5. The molecule has 0 aromatic rings. The third-order valence-electron chi connectivity index (χ3n) is 3.39. The third-order valence-corrected chi connectivity index (χ3v) is 4.63. The summed E-state index contributed by atoms with van der Waals surface area (Å²) in [4.78, 5) is 36.8. The first kappa shape index (κ1) is 19.0. The van der Waals surface area contributed by atoms with Crippen molar-refractivity contribution < 1.29 is 14.4 Å². The monoisotopic (exact) mass is 329 g/mol. The first-order valence-corrected chi connectivity index (χ1v) is 8.86. The normalized spacial score (nSPS) is 18.4. The zero-order chi connectivity index (χ0) is 16.5. The molecule has 126 valence electrons. The first-order valence-electron chi connectivity index (χ1n) is 7.92. The van der Waals surface area contributed by atoms with Crippen LogP contribution in [-0.2, 0) is 14.4 Å². The standard InChI is InChI=1S/C15H27N3O3S/c1-11(2)22-12-10-14(20)18(15(12)21)9-5-3-4-6-13(19)17-8-7-16/h11-12H,3-10,16H2,1-2H3,(H,17,19). The molecule has 1 heterocycles. The Hall–Kier alpha value is -1.08. The molecule has 6 nitrogen and oxygen atoms in total. The molecule has 1 saturated heterocycles. The van der Waals surface area contributed by atoms with Crippen molar-refractivity contribution in [2.45, 2.75) is 56.5 Å². The molecule has 0 aromatic heterocycles. The Morgan fingerprint density at radius 1 is 1.36 bits per heavy atom. The number of unbranched alkanes of at least 4 members (excludes halogenated alkanes) is 2. The van der Waals surface area contributed by atoms with Gasteiger partial charge in [-0.1, -0.05) is 20.3 Å². The molecule has 1 aliphatic heterocycles. The number of carbonyl (C=O) groups is 3. The molecule has 0 saturated carbocycles. The highest BCUT2D eigenvalue weighted by Gasteiger charge is 2.38. The van der Waals surface area contributed by atoms with Gasteiger partial charge in [0.15, 0.2) is 0 Å². The van der Waals surface area contributed by atoms with Crippen LogP contribution in [0, 0.1) is 0 Å². The lowest BCUT2D eigenvalue weighted by atomic mass is 10.2. The van der Waals surface area contributed by atoms with Gasteiger partial charge >= 0.3 is 0 Å². The minimum atomic E-state index is -0.213. The van der Waals surface area contributed by atoms with Crippen LogP contribution in [0.4, 0.5) is 0 Å². The average Bonchev–Trinajstić information content (AvgIpc) is 2.71. The molecule has 0 aliphatic carbocycles. The van der Waals surface area contributed by atoms with E-state index in [2.05, 4.69) is 5.32 Å². The lowest BCUT2D eigenvalue weighted by molar-refractivity contribution is -0.138. The maximum absolute atomic E-state index is 12.1. The van der Waals surface area contributed by atoms with Gasteiger partial charge in [0.1, 0.15) is 0 Å². The van der Waals surface area contributed by atoms with Gasteiger partial charge in [0.25, 0.3) is 0 Å². The highest BCUT2D eigenvalue weighted by Crippen LogP contribution is 2.28. The fourth-order valence-corrected chi connectivity index (χ4v) is 3.49. The number of likely N-dealkylation sites (tertiary alicyclic amines) is 1. The van der Waals surface area contributed by atoms with E-state index in [-0.39, 0.29) is 23.0 Å². The van der Waals surface area contributed by atoms with Crippen LogP contribution in [0.1, 0.15) is 46.0 Å². The van der Waals surface area contributed by atoms with Crippen molar-refractivity contribution in [3.8, 4) is 0 Å². The van der Waals surface area contributed by atoms with Crippen LogP contribution in [0.3, 0.4) is 0 Å². The number of carbonyl (C=O) groups excluding carboxylic acids is 3. The van der Waals surface area contributed by atoms with E-state index in [4.69, 9.17) is 5.73 Å². The summed E-state index contributed by atoms with van der Waals surface area (Å²) in [5, 5.41) is 2.85. The van der Waals surface area contributed by atoms with E-state index in [1.807, 2.05) is 13.8 Å². The quantitative estimate of drug-likeness (QED) is 0.459. The van der Waals surface area contributed by atoms with Crippen molar-refractivity contribution in [1.29, 1.82) is 0 Å². The summed E-state index contributed by atoms with van der Waals surface area (Å²) in [6.45, 7) is 5.48. The summed E-state index contributed by atoms with van der Waals surface area (Å²) in [5.41, 5.74) is 5.30. The third kappa shape index (κ3) is 6.36. The van der Waals surface area contributed by atoms with Crippen molar-refractivity contribution in [3.05, 3.63) is 0 Å². The second-order valence-electron chi connectivity index (χ2n) is 5.71. The fourth-order valence-electron chi connectivity index (χ4n) is 2.35. The maximum Gasteiger partial charge on any atom is 0.242 e. The Morgan fingerprint density at radius 3 is 2.73 bits per heavy atom. The minimum Gasteiger partial charge on any atom is -0.355 e. The van der Waals surface area contributed by atoms with E-state index in [0.29, 0.717) is 37.7 Å². The molecule has 0 aromatic carbocycles. The highest BCUT2D eigenvalue weighted by molar-refractivity contribution is 8.01. The zero-order valence-electron chi connectivity index (χ0n) is 13.5. The number of rotatable bonds is 10. The van der Waals surface area contributed by atoms with Crippen LogP contribution in [0.5, 0.6) is 0 Å². The van der Waals surface area contributed by atoms with Crippen LogP contribution in [0.2, 0.25) is 0 Å². The number of nitrogens with two attached hydrogens (primary N) is 1. The zero-order valence-corrected chi connectivity index (χ0v) is 14.3. The molecule has 0 radical (unpaired) electrons. The fraction of sp³-hybridized carbons (Fsp3) is 0.800. The predicted molar refractivity (Wildman–Crippen MR) is 88.4 cm³/mol. The van der Waals surface area contributed by atoms with E-state index < -0.39 is 0 Å². The molecule has 1 atom stereocenters. The summed E-state index contributed by atoms with van der Waals surface area (Å²) < 4.78 is 0. The molecule has 22 heavy (non-hydrogen) atoms. The van der Waals surface area contributed by atoms with Gasteiger partial charge in [-0.3, -0.25) is 19.3 Å². The molecule has 1 unspecified atom stereocenters. The van der Waals surface area contributed by atoms with Crippen molar-refractivity contribution in [2.24, 2.45) is 5.73 Å². The molecular formula is C15H27N3O3S. The van der Waals surface area contributed by atoms with Gasteiger partial charge in [-0.15, -0.1) is 11.8 Å². The highest BCUT2D eigenvalue weighted by atomic mass is 32.2. The molecule has 1 aliphatic rings. The van der Waals surface area contributed by atoms with Crippen LogP contribution in [0.25, 0.3) is 0 Å². The molecule has 1 rings (SSSR count). The molecular weight excluding hydrogens is 302 g/mol. The molecule has 3 N–H and O–H groups in total. The number of imide groups is 1. The maximum atomic E-state index is 12.1. The SMILES string of the molecule is CC(C)SC1CC(=O)N(CCCCCC(=O)NCCN)C1=O. The second kappa shape index (κ2) is 9.84. The molecule has 0 bridgehead atoms. The van der Waals surface area contributed by atoms with Crippen LogP contribution in [0.15, 0.2) is 0 Å². The van der Waals surface area contributed by atoms with Crippen molar-refractivity contribution in [3.63, 3.8) is 0 Å². The second-order valence-corrected chi connectivity index (χ2v) is 7.49. The van der Waals surface area contributed by atoms with Crippen molar-refractivity contribution >= 4 is 29.5 Å². The Morgan fingerprint density at radius 2 is 2.09 bits per heavy atom. The summed E-state index contributed by atoms with van der Waals surface area (Å²) in [6.07, 6.45) is 3.13. The average molecular weight is 329 g/mol. The van der Waals surface area contributed by atoms with Gasteiger partial charge in [-0.05, 0) is 18.1 Å².